The SMILES string of the molecule is CC(C)(C(N)c1ccc(Cl)s1)N1CCCC1. The van der Waals surface area contributed by atoms with Crippen molar-refractivity contribution in [3.8, 4) is 0 Å². The average molecular weight is 259 g/mol. The molecule has 2 N–H and O–H groups in total. The van der Waals surface area contributed by atoms with Gasteiger partial charge >= 0.3 is 0 Å². The number of hydrogen-bond donors (Lipinski definition) is 1. The van der Waals surface area contributed by atoms with Gasteiger partial charge in [-0.15, -0.1) is 11.3 Å². The van der Waals surface area contributed by atoms with Crippen LogP contribution in [0.1, 0.15) is 37.6 Å². The number of rotatable bonds is 3. The lowest BCUT2D eigenvalue weighted by molar-refractivity contribution is 0.125. The lowest BCUT2D eigenvalue weighted by atomic mass is 9.92. The maximum Gasteiger partial charge on any atom is 0.0931 e. The molecule has 1 saturated heterocycles. The van der Waals surface area contributed by atoms with Crippen LogP contribution in [0.5, 0.6) is 0 Å². The molecular weight excluding hydrogens is 240 g/mol. The van der Waals surface area contributed by atoms with Gasteiger partial charge < -0.3 is 5.73 Å². The molecule has 16 heavy (non-hydrogen) atoms. The Morgan fingerprint density at radius 1 is 1.38 bits per heavy atom. The monoisotopic (exact) mass is 258 g/mol. The summed E-state index contributed by atoms with van der Waals surface area (Å²) < 4.78 is 0.822. The molecule has 0 amide bonds. The predicted octanol–water partition coefficient (Wildman–Crippen LogP) is 3.28. The molecule has 2 nitrogen and oxygen atoms in total. The maximum absolute atomic E-state index is 6.38. The fraction of sp³-hybridized carbons (Fsp3) is 0.667. The van der Waals surface area contributed by atoms with Crippen LogP contribution in [0, 0.1) is 0 Å². The Kier molecular flexibility index (Phi) is 3.59. The Morgan fingerprint density at radius 3 is 2.50 bits per heavy atom. The number of nitrogens with zero attached hydrogens (tertiary/aromatic N) is 1. The highest BCUT2D eigenvalue weighted by Gasteiger charge is 2.36. The second-order valence-electron chi connectivity index (χ2n) is 4.97. The highest BCUT2D eigenvalue weighted by Crippen LogP contribution is 2.36. The summed E-state index contributed by atoms with van der Waals surface area (Å²) >= 11 is 7.56. The molecule has 90 valence electrons. The molecule has 0 saturated carbocycles. The van der Waals surface area contributed by atoms with Crippen LogP contribution in [-0.2, 0) is 0 Å². The van der Waals surface area contributed by atoms with Gasteiger partial charge in [-0.3, -0.25) is 4.90 Å². The third-order valence-corrected chi connectivity index (χ3v) is 4.90. The van der Waals surface area contributed by atoms with Crippen molar-refractivity contribution in [2.45, 2.75) is 38.3 Å². The third kappa shape index (κ3) is 2.28. The summed E-state index contributed by atoms with van der Waals surface area (Å²) in [6, 6.07) is 4.03. The smallest absolute Gasteiger partial charge is 0.0931 e. The van der Waals surface area contributed by atoms with Gasteiger partial charge in [0.15, 0.2) is 0 Å². The number of thiophene rings is 1. The van der Waals surface area contributed by atoms with Crippen LogP contribution in [-0.4, -0.2) is 23.5 Å². The van der Waals surface area contributed by atoms with E-state index in [0.717, 1.165) is 4.34 Å². The summed E-state index contributed by atoms with van der Waals surface area (Å²) in [6.45, 7) is 6.80. The first kappa shape index (κ1) is 12.4. The molecule has 1 aromatic heterocycles. The van der Waals surface area contributed by atoms with Crippen molar-refractivity contribution in [3.05, 3.63) is 21.3 Å². The van der Waals surface area contributed by atoms with Gasteiger partial charge in [0, 0.05) is 10.4 Å². The molecule has 1 unspecified atom stereocenters. The van der Waals surface area contributed by atoms with Crippen molar-refractivity contribution in [3.63, 3.8) is 0 Å². The lowest BCUT2D eigenvalue weighted by Crippen LogP contribution is -2.49. The molecule has 0 spiro atoms. The van der Waals surface area contributed by atoms with E-state index in [2.05, 4.69) is 24.8 Å². The Balaban J connectivity index is 2.15. The van der Waals surface area contributed by atoms with Crippen molar-refractivity contribution >= 4 is 22.9 Å². The first-order valence-corrected chi connectivity index (χ1v) is 6.97. The topological polar surface area (TPSA) is 29.3 Å². The van der Waals surface area contributed by atoms with Crippen molar-refractivity contribution in [1.29, 1.82) is 0 Å². The minimum atomic E-state index is 0.0185. The molecule has 1 aliphatic rings. The molecule has 0 aliphatic carbocycles. The van der Waals surface area contributed by atoms with E-state index in [4.69, 9.17) is 17.3 Å². The normalized spacial score (nSPS) is 20.2. The zero-order valence-corrected chi connectivity index (χ0v) is 11.4. The summed E-state index contributed by atoms with van der Waals surface area (Å²) in [5.41, 5.74) is 6.39. The van der Waals surface area contributed by atoms with E-state index in [-0.39, 0.29) is 11.6 Å². The van der Waals surface area contributed by atoms with E-state index >= 15 is 0 Å². The zero-order chi connectivity index (χ0) is 11.8. The fourth-order valence-corrected chi connectivity index (χ4v) is 3.58. The minimum absolute atomic E-state index is 0.0185. The Morgan fingerprint density at radius 2 is 2.00 bits per heavy atom. The molecule has 0 bridgehead atoms. The Hall–Kier alpha value is -0.0900. The van der Waals surface area contributed by atoms with Gasteiger partial charge in [0.05, 0.1) is 10.4 Å². The van der Waals surface area contributed by atoms with Crippen molar-refractivity contribution < 1.29 is 0 Å². The molecule has 2 heterocycles. The third-order valence-electron chi connectivity index (χ3n) is 3.58. The number of nitrogens with two attached hydrogens (primary N) is 1. The molecule has 1 fully saturated rings. The molecular formula is C12H19ClN2S. The quantitative estimate of drug-likeness (QED) is 0.902. The molecule has 1 aliphatic heterocycles. The second kappa shape index (κ2) is 4.65. The highest BCUT2D eigenvalue weighted by atomic mass is 35.5. The van der Waals surface area contributed by atoms with E-state index in [0.29, 0.717) is 0 Å². The van der Waals surface area contributed by atoms with Gasteiger partial charge in [0.25, 0.3) is 0 Å². The van der Waals surface area contributed by atoms with Crippen LogP contribution in [0.2, 0.25) is 4.34 Å². The fourth-order valence-electron chi connectivity index (χ4n) is 2.33. The van der Waals surface area contributed by atoms with Crippen LogP contribution < -0.4 is 5.73 Å². The largest absolute Gasteiger partial charge is 0.322 e. The zero-order valence-electron chi connectivity index (χ0n) is 9.87. The van der Waals surface area contributed by atoms with E-state index in [1.807, 2.05) is 6.07 Å². The van der Waals surface area contributed by atoms with Crippen molar-refractivity contribution in [2.24, 2.45) is 5.73 Å². The van der Waals surface area contributed by atoms with Crippen LogP contribution in [0.4, 0.5) is 0 Å². The van der Waals surface area contributed by atoms with Crippen LogP contribution in [0.3, 0.4) is 0 Å². The number of halogens is 1. The highest BCUT2D eigenvalue weighted by molar-refractivity contribution is 7.16. The summed E-state index contributed by atoms with van der Waals surface area (Å²) in [4.78, 5) is 3.67. The van der Waals surface area contributed by atoms with Crippen LogP contribution in [0.25, 0.3) is 0 Å². The second-order valence-corrected chi connectivity index (χ2v) is 6.71. The molecule has 0 aromatic carbocycles. The summed E-state index contributed by atoms with van der Waals surface area (Å²) in [5.74, 6) is 0. The number of hydrogen-bond acceptors (Lipinski definition) is 3. The molecule has 4 heteroatoms. The molecule has 2 rings (SSSR count). The van der Waals surface area contributed by atoms with Crippen LogP contribution >= 0.6 is 22.9 Å². The summed E-state index contributed by atoms with van der Waals surface area (Å²) in [6.07, 6.45) is 2.59. The van der Waals surface area contributed by atoms with E-state index in [1.54, 1.807) is 11.3 Å². The van der Waals surface area contributed by atoms with Gasteiger partial charge in [0.2, 0.25) is 0 Å². The number of likely N-dealkylation sites (tertiary alicyclic amines) is 1. The minimum Gasteiger partial charge on any atom is -0.322 e. The van der Waals surface area contributed by atoms with Crippen LogP contribution in [0.15, 0.2) is 12.1 Å². The van der Waals surface area contributed by atoms with Gasteiger partial charge in [0.1, 0.15) is 0 Å². The Bertz CT molecular complexity index is 356. The van der Waals surface area contributed by atoms with Gasteiger partial charge in [-0.05, 0) is 51.9 Å². The van der Waals surface area contributed by atoms with E-state index in [9.17, 15) is 0 Å². The lowest BCUT2D eigenvalue weighted by Gasteiger charge is -2.40. The maximum atomic E-state index is 6.38. The Labute approximate surface area is 106 Å². The van der Waals surface area contributed by atoms with Crippen molar-refractivity contribution in [1.82, 2.24) is 4.90 Å². The van der Waals surface area contributed by atoms with Gasteiger partial charge in [-0.1, -0.05) is 11.6 Å². The van der Waals surface area contributed by atoms with Crippen molar-refractivity contribution in [2.75, 3.05) is 13.1 Å². The first-order valence-electron chi connectivity index (χ1n) is 5.77. The summed E-state index contributed by atoms with van der Waals surface area (Å²) in [5, 5.41) is 0. The van der Waals surface area contributed by atoms with Gasteiger partial charge in [-0.25, -0.2) is 0 Å². The predicted molar refractivity (Wildman–Crippen MR) is 71.1 cm³/mol. The van der Waals surface area contributed by atoms with E-state index < -0.39 is 0 Å². The standard InChI is InChI=1S/C12H19ClN2S/c1-12(2,15-7-3-4-8-15)11(14)9-5-6-10(13)16-9/h5-6,11H,3-4,7-8,14H2,1-2H3. The van der Waals surface area contributed by atoms with Gasteiger partial charge in [-0.2, -0.15) is 0 Å². The summed E-state index contributed by atoms with van der Waals surface area (Å²) in [7, 11) is 0. The molecule has 1 atom stereocenters. The van der Waals surface area contributed by atoms with E-state index in [1.165, 1.54) is 30.8 Å². The first-order chi connectivity index (χ1) is 7.51. The molecule has 0 radical (unpaired) electrons. The molecule has 1 aromatic rings. The average Bonchev–Trinajstić information content (AvgIpc) is 2.86.